The van der Waals surface area contributed by atoms with Gasteiger partial charge in [-0.2, -0.15) is 5.26 Å². The molecule has 0 saturated carbocycles. The molecule has 0 bridgehead atoms. The first kappa shape index (κ1) is 9.88. The summed E-state index contributed by atoms with van der Waals surface area (Å²) >= 11 is 0. The molecule has 4 nitrogen and oxygen atoms in total. The zero-order valence-corrected chi connectivity index (χ0v) is 7.76. The maximum Gasteiger partial charge on any atom is 0.332 e. The Bertz CT molecular complexity index is 151. The van der Waals surface area contributed by atoms with Gasteiger partial charge in [0, 0.05) is 0 Å². The molecular weight excluding hydrogens is 177 g/mol. The van der Waals surface area contributed by atoms with Crippen LogP contribution in [0.15, 0.2) is 0 Å². The lowest BCUT2D eigenvalue weighted by Gasteiger charge is -2.11. The zero-order valence-electron chi connectivity index (χ0n) is 6.86. The van der Waals surface area contributed by atoms with Crippen LogP contribution >= 0.6 is 8.60 Å². The summed E-state index contributed by atoms with van der Waals surface area (Å²) in [6.07, 6.45) is 2.45. The van der Waals surface area contributed by atoms with E-state index in [1.807, 2.05) is 6.07 Å². The fourth-order valence-corrected chi connectivity index (χ4v) is 1.78. The standard InChI is InChI=1S/C7H12NO3P/c8-4-3-7-11-12-9-5-1-2-6-10-12/h1-3,5-7H2. The molecule has 0 aromatic carbocycles. The Morgan fingerprint density at radius 1 is 1.33 bits per heavy atom. The predicted octanol–water partition coefficient (Wildman–Crippen LogP) is 1.97. The van der Waals surface area contributed by atoms with Crippen LogP contribution in [0.5, 0.6) is 0 Å². The van der Waals surface area contributed by atoms with Crippen molar-refractivity contribution >= 4 is 8.60 Å². The van der Waals surface area contributed by atoms with E-state index in [1.165, 1.54) is 0 Å². The highest BCUT2D eigenvalue weighted by Crippen LogP contribution is 2.41. The van der Waals surface area contributed by atoms with Crippen molar-refractivity contribution in [3.8, 4) is 6.07 Å². The number of rotatable bonds is 3. The van der Waals surface area contributed by atoms with Crippen molar-refractivity contribution in [2.45, 2.75) is 19.3 Å². The third-order valence-electron chi connectivity index (χ3n) is 1.34. The Morgan fingerprint density at radius 3 is 2.58 bits per heavy atom. The molecule has 12 heavy (non-hydrogen) atoms. The van der Waals surface area contributed by atoms with Gasteiger partial charge in [-0.1, -0.05) is 0 Å². The Balaban J connectivity index is 2.08. The molecule has 0 atom stereocenters. The molecule has 1 heterocycles. The van der Waals surface area contributed by atoms with Crippen LogP contribution in [0.1, 0.15) is 19.3 Å². The zero-order chi connectivity index (χ0) is 8.65. The largest absolute Gasteiger partial charge is 0.332 e. The van der Waals surface area contributed by atoms with Crippen molar-refractivity contribution in [2.24, 2.45) is 0 Å². The van der Waals surface area contributed by atoms with Crippen LogP contribution in [0.25, 0.3) is 0 Å². The Morgan fingerprint density at radius 2 is 2.00 bits per heavy atom. The number of nitrogens with zero attached hydrogens (tertiary/aromatic N) is 1. The van der Waals surface area contributed by atoms with Crippen molar-refractivity contribution in [1.82, 2.24) is 0 Å². The van der Waals surface area contributed by atoms with Gasteiger partial charge in [0.1, 0.15) is 0 Å². The van der Waals surface area contributed by atoms with E-state index in [0.29, 0.717) is 26.2 Å². The second kappa shape index (κ2) is 6.33. The smallest absolute Gasteiger partial charge is 0.312 e. The van der Waals surface area contributed by atoms with E-state index >= 15 is 0 Å². The molecule has 1 saturated heterocycles. The maximum absolute atomic E-state index is 8.25. The van der Waals surface area contributed by atoms with E-state index in [-0.39, 0.29) is 0 Å². The first-order chi connectivity index (χ1) is 5.93. The van der Waals surface area contributed by atoms with Crippen LogP contribution in [0.4, 0.5) is 0 Å². The molecule has 5 heteroatoms. The van der Waals surface area contributed by atoms with Gasteiger partial charge in [0.05, 0.1) is 32.3 Å². The average molecular weight is 189 g/mol. The number of hydrogen-bond donors (Lipinski definition) is 0. The number of hydrogen-bond acceptors (Lipinski definition) is 4. The third-order valence-corrected chi connectivity index (χ3v) is 2.52. The lowest BCUT2D eigenvalue weighted by atomic mass is 10.3. The first-order valence-electron chi connectivity index (χ1n) is 3.99. The van der Waals surface area contributed by atoms with Crippen LogP contribution < -0.4 is 0 Å². The molecule has 0 amide bonds. The van der Waals surface area contributed by atoms with Crippen molar-refractivity contribution in [3.63, 3.8) is 0 Å². The summed E-state index contributed by atoms with van der Waals surface area (Å²) in [5.41, 5.74) is 0. The van der Waals surface area contributed by atoms with Crippen LogP contribution in [0.2, 0.25) is 0 Å². The van der Waals surface area contributed by atoms with Gasteiger partial charge in [-0.25, -0.2) is 0 Å². The summed E-state index contributed by atoms with van der Waals surface area (Å²) < 4.78 is 15.7. The van der Waals surface area contributed by atoms with Crippen LogP contribution in [0.3, 0.4) is 0 Å². The van der Waals surface area contributed by atoms with E-state index in [1.54, 1.807) is 0 Å². The molecule has 0 aliphatic carbocycles. The SMILES string of the molecule is N#CCCOP1OCCCCO1. The summed E-state index contributed by atoms with van der Waals surface area (Å²) in [6, 6.07) is 2.00. The molecule has 0 N–H and O–H groups in total. The molecule has 68 valence electrons. The van der Waals surface area contributed by atoms with E-state index in [0.717, 1.165) is 12.8 Å². The molecule has 1 fully saturated rings. The summed E-state index contributed by atoms with van der Waals surface area (Å²) in [5.74, 6) is 0. The second-order valence-electron chi connectivity index (χ2n) is 2.34. The van der Waals surface area contributed by atoms with Gasteiger partial charge in [-0.05, 0) is 12.8 Å². The molecule has 1 rings (SSSR count). The Kier molecular flexibility index (Phi) is 5.21. The average Bonchev–Trinajstić information content (AvgIpc) is 2.33. The van der Waals surface area contributed by atoms with Crippen LogP contribution in [-0.4, -0.2) is 19.8 Å². The van der Waals surface area contributed by atoms with Gasteiger partial charge in [0.25, 0.3) is 0 Å². The van der Waals surface area contributed by atoms with E-state index in [4.69, 9.17) is 18.8 Å². The topological polar surface area (TPSA) is 51.5 Å². The molecule has 0 aromatic rings. The number of nitriles is 1. The van der Waals surface area contributed by atoms with Crippen molar-refractivity contribution in [2.75, 3.05) is 19.8 Å². The van der Waals surface area contributed by atoms with Crippen LogP contribution in [-0.2, 0) is 13.6 Å². The molecule has 1 aliphatic rings. The van der Waals surface area contributed by atoms with Crippen LogP contribution in [0, 0.1) is 11.3 Å². The fourth-order valence-electron chi connectivity index (χ4n) is 0.760. The lowest BCUT2D eigenvalue weighted by molar-refractivity contribution is 0.185. The van der Waals surface area contributed by atoms with Gasteiger partial charge in [-0.15, -0.1) is 0 Å². The Hall–Kier alpha value is -0.200. The highest BCUT2D eigenvalue weighted by molar-refractivity contribution is 7.41. The highest BCUT2D eigenvalue weighted by Gasteiger charge is 2.14. The minimum atomic E-state index is -1.16. The molecular formula is C7H12NO3P. The predicted molar refractivity (Wildman–Crippen MR) is 44.2 cm³/mol. The first-order valence-corrected chi connectivity index (χ1v) is 5.09. The molecule has 0 aromatic heterocycles. The monoisotopic (exact) mass is 189 g/mol. The van der Waals surface area contributed by atoms with Gasteiger partial charge >= 0.3 is 8.60 Å². The minimum Gasteiger partial charge on any atom is -0.312 e. The van der Waals surface area contributed by atoms with Gasteiger partial charge in [0.15, 0.2) is 0 Å². The van der Waals surface area contributed by atoms with E-state index < -0.39 is 8.60 Å². The highest BCUT2D eigenvalue weighted by atomic mass is 31.2. The van der Waals surface area contributed by atoms with E-state index in [2.05, 4.69) is 0 Å². The fraction of sp³-hybridized carbons (Fsp3) is 0.857. The minimum absolute atomic E-state index is 0.394. The lowest BCUT2D eigenvalue weighted by Crippen LogP contribution is -1.94. The summed E-state index contributed by atoms with van der Waals surface area (Å²) in [7, 11) is -1.16. The quantitative estimate of drug-likeness (QED) is 0.503. The Labute approximate surface area is 73.4 Å². The van der Waals surface area contributed by atoms with Crippen molar-refractivity contribution in [3.05, 3.63) is 0 Å². The van der Waals surface area contributed by atoms with Gasteiger partial charge < -0.3 is 13.6 Å². The molecule has 1 aliphatic heterocycles. The molecule has 0 radical (unpaired) electrons. The van der Waals surface area contributed by atoms with E-state index in [9.17, 15) is 0 Å². The van der Waals surface area contributed by atoms with Gasteiger partial charge in [0.2, 0.25) is 0 Å². The second-order valence-corrected chi connectivity index (χ2v) is 3.56. The van der Waals surface area contributed by atoms with Gasteiger partial charge in [-0.3, -0.25) is 0 Å². The summed E-state index contributed by atoms with van der Waals surface area (Å²) in [5, 5.41) is 8.25. The normalized spacial score (nSPS) is 19.9. The molecule has 0 spiro atoms. The van der Waals surface area contributed by atoms with Crippen molar-refractivity contribution in [1.29, 1.82) is 5.26 Å². The third kappa shape index (κ3) is 3.99. The molecule has 0 unspecified atom stereocenters. The summed E-state index contributed by atoms with van der Waals surface area (Å²) in [4.78, 5) is 0. The van der Waals surface area contributed by atoms with Crippen molar-refractivity contribution < 1.29 is 13.6 Å². The summed E-state index contributed by atoms with van der Waals surface area (Å²) in [6.45, 7) is 1.82. The maximum atomic E-state index is 8.25.